The number of benzene rings is 3. The molecular formula is C26H30N2S2. The lowest BCUT2D eigenvalue weighted by Gasteiger charge is -2.29. The van der Waals surface area contributed by atoms with Gasteiger partial charge in [-0.2, -0.15) is 0 Å². The minimum atomic E-state index is 0.0847. The molecule has 0 bridgehead atoms. The van der Waals surface area contributed by atoms with E-state index in [1.165, 1.54) is 16.0 Å². The molecule has 30 heavy (non-hydrogen) atoms. The molecule has 0 aliphatic carbocycles. The Labute approximate surface area is 190 Å². The molecule has 0 spiro atoms. The first-order valence-electron chi connectivity index (χ1n) is 10.3. The number of hydrogen-bond donors (Lipinski definition) is 2. The van der Waals surface area contributed by atoms with Gasteiger partial charge in [-0.15, -0.1) is 11.8 Å². The highest BCUT2D eigenvalue weighted by Gasteiger charge is 2.23. The highest BCUT2D eigenvalue weighted by Crippen LogP contribution is 2.28. The second kappa shape index (κ2) is 10.6. The molecule has 0 aliphatic heterocycles. The number of thioether (sulfide) groups is 1. The van der Waals surface area contributed by atoms with Gasteiger partial charge in [0.15, 0.2) is 5.11 Å². The van der Waals surface area contributed by atoms with Crippen molar-refractivity contribution in [1.29, 1.82) is 0 Å². The van der Waals surface area contributed by atoms with Crippen molar-refractivity contribution >= 4 is 34.8 Å². The van der Waals surface area contributed by atoms with Gasteiger partial charge in [0, 0.05) is 22.4 Å². The number of anilines is 1. The molecule has 0 saturated heterocycles. The van der Waals surface area contributed by atoms with Crippen molar-refractivity contribution in [3.63, 3.8) is 0 Å². The van der Waals surface area contributed by atoms with Gasteiger partial charge in [0.2, 0.25) is 0 Å². The SMILES string of the molecule is C[C@@H](CC(C)(C)c1ccccc1)NC(=S)Nc1ccc(CSc2ccccc2)cc1. The van der Waals surface area contributed by atoms with Crippen LogP contribution in [0.5, 0.6) is 0 Å². The van der Waals surface area contributed by atoms with Gasteiger partial charge in [-0.3, -0.25) is 0 Å². The van der Waals surface area contributed by atoms with E-state index in [9.17, 15) is 0 Å². The van der Waals surface area contributed by atoms with Crippen LogP contribution in [0.3, 0.4) is 0 Å². The van der Waals surface area contributed by atoms with E-state index in [1.807, 2.05) is 17.8 Å². The minimum absolute atomic E-state index is 0.0847. The van der Waals surface area contributed by atoms with Crippen molar-refractivity contribution < 1.29 is 0 Å². The normalized spacial score (nSPS) is 12.2. The monoisotopic (exact) mass is 434 g/mol. The molecular weight excluding hydrogens is 404 g/mol. The summed E-state index contributed by atoms with van der Waals surface area (Å²) in [6, 6.07) is 29.9. The minimum Gasteiger partial charge on any atom is -0.360 e. The molecule has 1 atom stereocenters. The van der Waals surface area contributed by atoms with E-state index in [2.05, 4.69) is 110 Å². The predicted molar refractivity (Wildman–Crippen MR) is 135 cm³/mol. The molecule has 4 heteroatoms. The smallest absolute Gasteiger partial charge is 0.170 e. The lowest BCUT2D eigenvalue weighted by atomic mass is 9.79. The van der Waals surface area contributed by atoms with Crippen molar-refractivity contribution in [2.75, 3.05) is 5.32 Å². The predicted octanol–water partition coefficient (Wildman–Crippen LogP) is 7.02. The van der Waals surface area contributed by atoms with Crippen molar-refractivity contribution in [1.82, 2.24) is 5.32 Å². The van der Waals surface area contributed by atoms with E-state index in [0.29, 0.717) is 5.11 Å². The first-order chi connectivity index (χ1) is 14.4. The van der Waals surface area contributed by atoms with Crippen LogP contribution in [0, 0.1) is 0 Å². The van der Waals surface area contributed by atoms with Crippen LogP contribution in [-0.2, 0) is 11.2 Å². The van der Waals surface area contributed by atoms with Gasteiger partial charge in [-0.1, -0.05) is 74.5 Å². The summed E-state index contributed by atoms with van der Waals surface area (Å²) < 4.78 is 0. The quantitative estimate of drug-likeness (QED) is 0.294. The van der Waals surface area contributed by atoms with Crippen LogP contribution in [0.2, 0.25) is 0 Å². The van der Waals surface area contributed by atoms with Crippen LogP contribution in [0.1, 0.15) is 38.3 Å². The standard InChI is InChI=1S/C26H30N2S2/c1-20(18-26(2,3)22-10-6-4-7-11-22)27-25(29)28-23-16-14-21(15-17-23)19-30-24-12-8-5-9-13-24/h4-17,20H,18-19H2,1-3H3,(H2,27,28,29)/t20-/m0/s1. The van der Waals surface area contributed by atoms with E-state index in [4.69, 9.17) is 12.2 Å². The summed E-state index contributed by atoms with van der Waals surface area (Å²) >= 11 is 7.39. The zero-order chi connectivity index (χ0) is 21.4. The zero-order valence-corrected chi connectivity index (χ0v) is 19.5. The molecule has 0 aliphatic rings. The Morgan fingerprint density at radius 1 is 0.900 bits per heavy atom. The Balaban J connectivity index is 1.47. The van der Waals surface area contributed by atoms with Crippen molar-refractivity contribution in [2.45, 2.75) is 49.3 Å². The molecule has 0 amide bonds. The lowest BCUT2D eigenvalue weighted by Crippen LogP contribution is -2.39. The largest absolute Gasteiger partial charge is 0.360 e. The maximum atomic E-state index is 5.54. The Bertz CT molecular complexity index is 922. The van der Waals surface area contributed by atoms with Crippen LogP contribution in [0.15, 0.2) is 89.8 Å². The van der Waals surface area contributed by atoms with Crippen molar-refractivity contribution in [3.8, 4) is 0 Å². The van der Waals surface area contributed by atoms with Crippen molar-refractivity contribution in [3.05, 3.63) is 96.1 Å². The van der Waals surface area contributed by atoms with Crippen LogP contribution in [0.25, 0.3) is 0 Å². The van der Waals surface area contributed by atoms with Gasteiger partial charge in [0.1, 0.15) is 0 Å². The third kappa shape index (κ3) is 6.89. The highest BCUT2D eigenvalue weighted by atomic mass is 32.2. The maximum absolute atomic E-state index is 5.54. The maximum Gasteiger partial charge on any atom is 0.170 e. The number of hydrogen-bond acceptors (Lipinski definition) is 2. The molecule has 3 aromatic carbocycles. The van der Waals surface area contributed by atoms with E-state index in [-0.39, 0.29) is 11.5 Å². The highest BCUT2D eigenvalue weighted by molar-refractivity contribution is 7.98. The fourth-order valence-electron chi connectivity index (χ4n) is 3.58. The second-order valence-electron chi connectivity index (χ2n) is 8.25. The lowest BCUT2D eigenvalue weighted by molar-refractivity contribution is 0.420. The Morgan fingerprint density at radius 3 is 2.13 bits per heavy atom. The Morgan fingerprint density at radius 2 is 1.50 bits per heavy atom. The van der Waals surface area contributed by atoms with Crippen LogP contribution < -0.4 is 10.6 Å². The fourth-order valence-corrected chi connectivity index (χ4v) is 4.78. The summed E-state index contributed by atoms with van der Waals surface area (Å²) in [5, 5.41) is 7.41. The first-order valence-corrected chi connectivity index (χ1v) is 11.7. The summed E-state index contributed by atoms with van der Waals surface area (Å²) in [4.78, 5) is 1.29. The Kier molecular flexibility index (Phi) is 7.94. The number of nitrogens with one attached hydrogen (secondary N) is 2. The molecule has 0 aromatic heterocycles. The molecule has 0 heterocycles. The van der Waals surface area contributed by atoms with E-state index in [0.717, 1.165) is 17.9 Å². The molecule has 0 saturated carbocycles. The summed E-state index contributed by atoms with van der Waals surface area (Å²) in [5.41, 5.74) is 3.74. The number of thiocarbonyl (C=S) groups is 1. The van der Waals surface area contributed by atoms with Gasteiger partial charge in [0.25, 0.3) is 0 Å². The Hall–Kier alpha value is -2.30. The second-order valence-corrected chi connectivity index (χ2v) is 9.71. The van der Waals surface area contributed by atoms with E-state index >= 15 is 0 Å². The third-order valence-corrected chi connectivity index (χ3v) is 6.41. The molecule has 0 radical (unpaired) electrons. The molecule has 0 unspecified atom stereocenters. The number of rotatable bonds is 8. The molecule has 2 N–H and O–H groups in total. The van der Waals surface area contributed by atoms with Gasteiger partial charge in [-0.05, 0) is 66.4 Å². The fraction of sp³-hybridized carbons (Fsp3) is 0.269. The average Bonchev–Trinajstić information content (AvgIpc) is 2.74. The summed E-state index contributed by atoms with van der Waals surface area (Å²) in [6.45, 7) is 6.74. The van der Waals surface area contributed by atoms with Crippen LogP contribution in [0.4, 0.5) is 5.69 Å². The van der Waals surface area contributed by atoms with Crippen molar-refractivity contribution in [2.24, 2.45) is 0 Å². The molecule has 3 rings (SSSR count). The van der Waals surface area contributed by atoms with E-state index in [1.54, 1.807) is 0 Å². The summed E-state index contributed by atoms with van der Waals surface area (Å²) in [6.07, 6.45) is 0.995. The van der Waals surface area contributed by atoms with Gasteiger partial charge in [-0.25, -0.2) is 0 Å². The average molecular weight is 435 g/mol. The summed E-state index contributed by atoms with van der Waals surface area (Å²) in [5.74, 6) is 0.957. The first kappa shape index (κ1) is 22.4. The van der Waals surface area contributed by atoms with E-state index < -0.39 is 0 Å². The topological polar surface area (TPSA) is 24.1 Å². The molecule has 2 nitrogen and oxygen atoms in total. The van der Waals surface area contributed by atoms with Gasteiger partial charge in [0.05, 0.1) is 0 Å². The van der Waals surface area contributed by atoms with Gasteiger partial charge < -0.3 is 10.6 Å². The molecule has 156 valence electrons. The molecule has 0 fully saturated rings. The zero-order valence-electron chi connectivity index (χ0n) is 17.9. The van der Waals surface area contributed by atoms with Crippen LogP contribution >= 0.6 is 24.0 Å². The van der Waals surface area contributed by atoms with Crippen LogP contribution in [-0.4, -0.2) is 11.2 Å². The van der Waals surface area contributed by atoms with Gasteiger partial charge >= 0.3 is 0 Å². The summed E-state index contributed by atoms with van der Waals surface area (Å²) in [7, 11) is 0. The molecule has 3 aromatic rings. The third-order valence-electron chi connectivity index (χ3n) is 5.11.